The molecule has 7 nitrogen and oxygen atoms in total. The van der Waals surface area contributed by atoms with Crippen LogP contribution in [-0.2, 0) is 16.1 Å². The number of amides is 2. The molecule has 0 aliphatic carbocycles. The highest BCUT2D eigenvalue weighted by molar-refractivity contribution is 5.93. The normalized spacial score (nSPS) is 21.0. The van der Waals surface area contributed by atoms with Crippen molar-refractivity contribution in [1.29, 1.82) is 0 Å². The average molecular weight is 376 g/mol. The van der Waals surface area contributed by atoms with E-state index < -0.39 is 11.3 Å². The number of hydrogen-bond donors (Lipinski definition) is 2. The molecule has 0 radical (unpaired) electrons. The maximum Gasteiger partial charge on any atom is 0.274 e. The Morgan fingerprint density at radius 2 is 1.96 bits per heavy atom. The second-order valence-electron chi connectivity index (χ2n) is 7.96. The number of hydrogen-bond acceptors (Lipinski definition) is 5. The van der Waals surface area contributed by atoms with Gasteiger partial charge in [-0.2, -0.15) is 0 Å². The van der Waals surface area contributed by atoms with Crippen LogP contribution in [0.2, 0.25) is 0 Å². The van der Waals surface area contributed by atoms with Crippen molar-refractivity contribution in [1.82, 2.24) is 10.4 Å². The Labute approximate surface area is 159 Å². The Kier molecular flexibility index (Phi) is 5.72. The molecule has 2 aliphatic rings. The molecule has 1 saturated heterocycles. The van der Waals surface area contributed by atoms with Crippen LogP contribution in [0.3, 0.4) is 0 Å². The second-order valence-corrected chi connectivity index (χ2v) is 7.96. The van der Waals surface area contributed by atoms with E-state index in [2.05, 4.69) is 0 Å². The van der Waals surface area contributed by atoms with Crippen molar-refractivity contribution in [3.05, 3.63) is 29.3 Å². The minimum absolute atomic E-state index is 0.0841. The van der Waals surface area contributed by atoms with Crippen LogP contribution < -0.4 is 10.2 Å². The number of ether oxygens (including phenoxy) is 2. The van der Waals surface area contributed by atoms with Crippen molar-refractivity contribution in [3.63, 3.8) is 0 Å². The first-order valence-corrected chi connectivity index (χ1v) is 9.43. The lowest BCUT2D eigenvalue weighted by molar-refractivity contribution is -0.148. The SMILES string of the molecule is CC1COc2cc(C(=O)NO)ccc2CN1C(=O)C(C)(C)C1CCOCC1. The largest absolute Gasteiger partial charge is 0.491 e. The molecular formula is C20H28N2O5. The highest BCUT2D eigenvalue weighted by atomic mass is 16.5. The Morgan fingerprint density at radius 3 is 2.63 bits per heavy atom. The third-order valence-electron chi connectivity index (χ3n) is 5.84. The van der Waals surface area contributed by atoms with Crippen LogP contribution in [0.5, 0.6) is 5.75 Å². The average Bonchev–Trinajstić information content (AvgIpc) is 2.86. The van der Waals surface area contributed by atoms with Crippen LogP contribution in [0.4, 0.5) is 0 Å². The number of nitrogens with one attached hydrogen (secondary N) is 1. The van der Waals surface area contributed by atoms with Crippen LogP contribution >= 0.6 is 0 Å². The summed E-state index contributed by atoms with van der Waals surface area (Å²) in [5.74, 6) is 0.398. The standard InChI is InChI=1S/C20H28N2O5/c1-13-12-27-17-10-14(18(23)21-25)4-5-15(17)11-22(13)19(24)20(2,3)16-6-8-26-9-7-16/h4-5,10,13,16,25H,6-9,11-12H2,1-3H3,(H,21,23). The van der Waals surface area contributed by atoms with Crippen molar-refractivity contribution in [3.8, 4) is 5.75 Å². The van der Waals surface area contributed by atoms with Gasteiger partial charge in [0.1, 0.15) is 12.4 Å². The molecule has 148 valence electrons. The first kappa shape index (κ1) is 19.6. The van der Waals surface area contributed by atoms with E-state index in [0.717, 1.165) is 18.4 Å². The van der Waals surface area contributed by atoms with E-state index in [-0.39, 0.29) is 11.9 Å². The number of hydroxylamine groups is 1. The van der Waals surface area contributed by atoms with Crippen LogP contribution in [0.1, 0.15) is 49.5 Å². The zero-order valence-corrected chi connectivity index (χ0v) is 16.2. The molecule has 2 amide bonds. The quantitative estimate of drug-likeness (QED) is 0.625. The summed E-state index contributed by atoms with van der Waals surface area (Å²) in [5, 5.41) is 8.82. The molecule has 0 saturated carbocycles. The number of rotatable bonds is 3. The maximum atomic E-state index is 13.4. The lowest BCUT2D eigenvalue weighted by atomic mass is 9.73. The Balaban J connectivity index is 1.83. The summed E-state index contributed by atoms with van der Waals surface area (Å²) in [4.78, 5) is 27.0. The van der Waals surface area contributed by atoms with Crippen LogP contribution in [0.25, 0.3) is 0 Å². The minimum atomic E-state index is -0.590. The molecule has 2 aliphatic heterocycles. The van der Waals surface area contributed by atoms with Gasteiger partial charge in [0.25, 0.3) is 5.91 Å². The first-order chi connectivity index (χ1) is 12.8. The molecular weight excluding hydrogens is 348 g/mol. The van der Waals surface area contributed by atoms with Gasteiger partial charge in [-0.05, 0) is 37.8 Å². The summed E-state index contributed by atoms with van der Waals surface area (Å²) in [6.45, 7) is 8.23. The fraction of sp³-hybridized carbons (Fsp3) is 0.600. The number of carbonyl (C=O) groups excluding carboxylic acids is 2. The van der Waals surface area contributed by atoms with E-state index in [1.54, 1.807) is 23.7 Å². The zero-order chi connectivity index (χ0) is 19.6. The summed E-state index contributed by atoms with van der Waals surface area (Å²) in [7, 11) is 0. The molecule has 1 atom stereocenters. The Bertz CT molecular complexity index is 712. The summed E-state index contributed by atoms with van der Waals surface area (Å²) >= 11 is 0. The second kappa shape index (κ2) is 7.86. The van der Waals surface area contributed by atoms with E-state index in [9.17, 15) is 9.59 Å². The first-order valence-electron chi connectivity index (χ1n) is 9.43. The molecule has 0 bridgehead atoms. The van der Waals surface area contributed by atoms with Crippen molar-refractivity contribution in [2.45, 2.75) is 46.2 Å². The summed E-state index contributed by atoms with van der Waals surface area (Å²) in [5.41, 5.74) is 2.32. The smallest absolute Gasteiger partial charge is 0.274 e. The van der Waals surface area contributed by atoms with Gasteiger partial charge in [0.2, 0.25) is 5.91 Å². The highest BCUT2D eigenvalue weighted by Gasteiger charge is 2.42. The third-order valence-corrected chi connectivity index (χ3v) is 5.84. The lowest BCUT2D eigenvalue weighted by Crippen LogP contribution is -2.49. The molecule has 3 rings (SSSR count). The zero-order valence-electron chi connectivity index (χ0n) is 16.2. The van der Waals surface area contributed by atoms with E-state index in [0.29, 0.717) is 43.6 Å². The molecule has 27 heavy (non-hydrogen) atoms. The van der Waals surface area contributed by atoms with Crippen LogP contribution in [-0.4, -0.2) is 47.8 Å². The lowest BCUT2D eigenvalue weighted by Gasteiger charge is -2.40. The Hall–Kier alpha value is -2.12. The van der Waals surface area contributed by atoms with E-state index in [4.69, 9.17) is 14.7 Å². The third kappa shape index (κ3) is 3.94. The predicted molar refractivity (Wildman–Crippen MR) is 98.5 cm³/mol. The van der Waals surface area contributed by atoms with Gasteiger partial charge >= 0.3 is 0 Å². The Morgan fingerprint density at radius 1 is 1.26 bits per heavy atom. The molecule has 0 spiro atoms. The van der Waals surface area contributed by atoms with Gasteiger partial charge in [0.15, 0.2) is 0 Å². The fourth-order valence-corrected chi connectivity index (χ4v) is 3.90. The molecule has 7 heteroatoms. The van der Waals surface area contributed by atoms with Gasteiger partial charge in [-0.15, -0.1) is 0 Å². The van der Waals surface area contributed by atoms with Gasteiger partial charge < -0.3 is 14.4 Å². The topological polar surface area (TPSA) is 88.1 Å². The minimum Gasteiger partial charge on any atom is -0.491 e. The maximum absolute atomic E-state index is 13.4. The van der Waals surface area contributed by atoms with E-state index in [1.807, 2.05) is 25.7 Å². The van der Waals surface area contributed by atoms with Crippen LogP contribution in [0, 0.1) is 11.3 Å². The van der Waals surface area contributed by atoms with Crippen molar-refractivity contribution in [2.75, 3.05) is 19.8 Å². The molecule has 1 aromatic carbocycles. The summed E-state index contributed by atoms with van der Waals surface area (Å²) < 4.78 is 11.3. The monoisotopic (exact) mass is 376 g/mol. The van der Waals surface area contributed by atoms with Crippen molar-refractivity contribution >= 4 is 11.8 Å². The van der Waals surface area contributed by atoms with Crippen molar-refractivity contribution < 1.29 is 24.3 Å². The van der Waals surface area contributed by atoms with Crippen LogP contribution in [0.15, 0.2) is 18.2 Å². The van der Waals surface area contributed by atoms with Crippen molar-refractivity contribution in [2.24, 2.45) is 11.3 Å². The number of carbonyl (C=O) groups is 2. The molecule has 2 heterocycles. The van der Waals surface area contributed by atoms with E-state index >= 15 is 0 Å². The summed E-state index contributed by atoms with van der Waals surface area (Å²) in [6, 6.07) is 4.92. The molecule has 0 aromatic heterocycles. The van der Waals surface area contributed by atoms with Gasteiger partial charge in [-0.3, -0.25) is 14.8 Å². The predicted octanol–water partition coefficient (Wildman–Crippen LogP) is 2.37. The number of nitrogens with zero attached hydrogens (tertiary/aromatic N) is 1. The number of fused-ring (bicyclic) bond motifs is 1. The molecule has 1 unspecified atom stereocenters. The molecule has 1 aromatic rings. The molecule has 1 fully saturated rings. The summed E-state index contributed by atoms with van der Waals surface area (Å²) in [6.07, 6.45) is 1.79. The van der Waals surface area contributed by atoms with E-state index in [1.165, 1.54) is 0 Å². The highest BCUT2D eigenvalue weighted by Crippen LogP contribution is 2.38. The van der Waals surface area contributed by atoms with Gasteiger partial charge in [0.05, 0.1) is 6.04 Å². The fourth-order valence-electron chi connectivity index (χ4n) is 3.90. The van der Waals surface area contributed by atoms with Gasteiger partial charge in [-0.25, -0.2) is 5.48 Å². The van der Waals surface area contributed by atoms with Gasteiger partial charge in [-0.1, -0.05) is 19.9 Å². The molecule has 2 N–H and O–H groups in total. The van der Waals surface area contributed by atoms with Gasteiger partial charge in [0, 0.05) is 36.3 Å². The number of benzene rings is 1.